The fourth-order valence-corrected chi connectivity index (χ4v) is 5.62. The second-order valence-corrected chi connectivity index (χ2v) is 12.4. The van der Waals surface area contributed by atoms with E-state index in [0.29, 0.717) is 12.1 Å². The van der Waals surface area contributed by atoms with E-state index in [9.17, 15) is 4.79 Å². The maximum absolute atomic E-state index is 12.5. The number of rotatable bonds is 5. The molecular formula is C32H37N7O. The summed E-state index contributed by atoms with van der Waals surface area (Å²) in [5.41, 5.74) is 7.42. The smallest absolute Gasteiger partial charge is 0.224 e. The third kappa shape index (κ3) is 5.43. The molecule has 6 rings (SSSR count). The molecule has 5 aromatic rings. The molecule has 1 aliphatic heterocycles. The minimum Gasteiger partial charge on any atom is -0.370 e. The van der Waals surface area contributed by atoms with Gasteiger partial charge in [0.2, 0.25) is 5.91 Å². The van der Waals surface area contributed by atoms with Crippen molar-refractivity contribution in [3.8, 4) is 22.6 Å². The quantitative estimate of drug-likeness (QED) is 0.221. The van der Waals surface area contributed by atoms with Gasteiger partial charge >= 0.3 is 0 Å². The molecule has 3 N–H and O–H groups in total. The number of hydrogen-bond acceptors (Lipinski definition) is 5. The van der Waals surface area contributed by atoms with Gasteiger partial charge in [0.05, 0.1) is 28.6 Å². The van der Waals surface area contributed by atoms with Crippen molar-refractivity contribution >= 4 is 39.2 Å². The van der Waals surface area contributed by atoms with Crippen LogP contribution < -0.4 is 10.2 Å². The van der Waals surface area contributed by atoms with Crippen LogP contribution in [-0.2, 0) is 4.79 Å². The zero-order valence-electron chi connectivity index (χ0n) is 23.7. The van der Waals surface area contributed by atoms with Gasteiger partial charge in [0.15, 0.2) is 5.82 Å². The fourth-order valence-electron chi connectivity index (χ4n) is 5.62. The van der Waals surface area contributed by atoms with Gasteiger partial charge in [-0.3, -0.25) is 14.9 Å². The second kappa shape index (κ2) is 10.4. The molecule has 0 aliphatic carbocycles. The predicted octanol–water partition coefficient (Wildman–Crippen LogP) is 7.17. The molecule has 2 aromatic carbocycles. The number of para-hydroxylation sites is 1. The Morgan fingerprint density at radius 1 is 1.05 bits per heavy atom. The van der Waals surface area contributed by atoms with E-state index < -0.39 is 0 Å². The fraction of sp³-hybridized carbons (Fsp3) is 0.375. The van der Waals surface area contributed by atoms with Crippen molar-refractivity contribution in [3.05, 3.63) is 54.9 Å². The van der Waals surface area contributed by atoms with E-state index in [0.717, 1.165) is 63.6 Å². The highest BCUT2D eigenvalue weighted by atomic mass is 16.1. The summed E-state index contributed by atoms with van der Waals surface area (Å²) in [7, 11) is 0. The Morgan fingerprint density at radius 2 is 1.93 bits per heavy atom. The van der Waals surface area contributed by atoms with E-state index >= 15 is 0 Å². The largest absolute Gasteiger partial charge is 0.370 e. The molecule has 1 fully saturated rings. The third-order valence-corrected chi connectivity index (χ3v) is 7.68. The van der Waals surface area contributed by atoms with E-state index in [-0.39, 0.29) is 11.3 Å². The van der Waals surface area contributed by atoms with Crippen molar-refractivity contribution in [2.45, 2.75) is 53.4 Å². The SMILES string of the molecule is CC1CCCN(c2cccc3[nH]c(-c4n[nH]c5ccc(-c6cncc(NC(=O)CC(C)(C)C)c6)cc45)nc23)CC1. The molecule has 40 heavy (non-hydrogen) atoms. The number of anilines is 2. The minimum atomic E-state index is -0.0824. The normalized spacial score (nSPS) is 16.4. The van der Waals surface area contributed by atoms with Crippen LogP contribution in [0.25, 0.3) is 44.6 Å². The van der Waals surface area contributed by atoms with Crippen molar-refractivity contribution in [1.82, 2.24) is 25.1 Å². The first kappa shape index (κ1) is 26.0. The highest BCUT2D eigenvalue weighted by Crippen LogP contribution is 2.34. The number of imidazole rings is 1. The van der Waals surface area contributed by atoms with Crippen molar-refractivity contribution in [2.75, 3.05) is 23.3 Å². The zero-order valence-corrected chi connectivity index (χ0v) is 23.7. The number of carbonyl (C=O) groups is 1. The first-order chi connectivity index (χ1) is 19.2. The van der Waals surface area contributed by atoms with Crippen LogP contribution in [0, 0.1) is 11.3 Å². The van der Waals surface area contributed by atoms with Crippen molar-refractivity contribution in [2.24, 2.45) is 11.3 Å². The van der Waals surface area contributed by atoms with Crippen LogP contribution in [0.4, 0.5) is 11.4 Å². The number of pyridine rings is 1. The zero-order chi connectivity index (χ0) is 27.9. The molecule has 8 nitrogen and oxygen atoms in total. The topological polar surface area (TPSA) is 103 Å². The summed E-state index contributed by atoms with van der Waals surface area (Å²) in [4.78, 5) is 27.9. The van der Waals surface area contributed by atoms with Gasteiger partial charge in [-0.1, -0.05) is 39.8 Å². The molecule has 206 valence electrons. The summed E-state index contributed by atoms with van der Waals surface area (Å²) >= 11 is 0. The molecule has 1 amide bonds. The standard InChI is InChI=1S/C32H37N7O/c1-20-7-6-13-39(14-12-20)27-9-5-8-26-30(27)36-31(35-26)29-24-16-21(10-11-25(24)37-38-29)22-15-23(19-33-18-22)34-28(40)17-32(2,3)4/h5,8-11,15-16,18-20H,6-7,12-14,17H2,1-4H3,(H,34,40)(H,35,36)(H,37,38). The molecule has 1 aliphatic rings. The van der Waals surface area contributed by atoms with Gasteiger partial charge in [-0.05, 0) is 66.5 Å². The average Bonchev–Trinajstić information content (AvgIpc) is 3.47. The average molecular weight is 536 g/mol. The Morgan fingerprint density at radius 3 is 2.77 bits per heavy atom. The maximum Gasteiger partial charge on any atom is 0.224 e. The van der Waals surface area contributed by atoms with Crippen LogP contribution in [0.15, 0.2) is 54.9 Å². The van der Waals surface area contributed by atoms with Gasteiger partial charge in [-0.15, -0.1) is 0 Å². The van der Waals surface area contributed by atoms with Crippen molar-refractivity contribution in [1.29, 1.82) is 0 Å². The Kier molecular flexibility index (Phi) is 6.78. The van der Waals surface area contributed by atoms with E-state index in [4.69, 9.17) is 4.98 Å². The Bertz CT molecular complexity index is 1680. The van der Waals surface area contributed by atoms with Crippen LogP contribution >= 0.6 is 0 Å². The van der Waals surface area contributed by atoms with E-state index in [1.165, 1.54) is 24.9 Å². The van der Waals surface area contributed by atoms with Gasteiger partial charge in [0, 0.05) is 36.7 Å². The molecule has 3 aromatic heterocycles. The lowest BCUT2D eigenvalue weighted by molar-refractivity contribution is -0.117. The summed E-state index contributed by atoms with van der Waals surface area (Å²) in [5, 5.41) is 11.8. The maximum atomic E-state index is 12.5. The van der Waals surface area contributed by atoms with E-state index in [1.807, 2.05) is 24.4 Å². The molecule has 0 saturated carbocycles. The van der Waals surface area contributed by atoms with Crippen LogP contribution in [0.3, 0.4) is 0 Å². The second-order valence-electron chi connectivity index (χ2n) is 12.4. The number of benzene rings is 2. The number of nitrogens with one attached hydrogen (secondary N) is 3. The number of nitrogens with zero attached hydrogens (tertiary/aromatic N) is 4. The molecule has 0 spiro atoms. The predicted molar refractivity (Wildman–Crippen MR) is 162 cm³/mol. The third-order valence-electron chi connectivity index (χ3n) is 7.68. The lowest BCUT2D eigenvalue weighted by atomic mass is 9.92. The lowest BCUT2D eigenvalue weighted by Gasteiger charge is -2.23. The summed E-state index contributed by atoms with van der Waals surface area (Å²) in [5.74, 6) is 1.49. The Labute approximate surface area is 234 Å². The number of aromatic nitrogens is 5. The van der Waals surface area contributed by atoms with Gasteiger partial charge in [-0.2, -0.15) is 5.10 Å². The molecule has 1 atom stereocenters. The first-order valence-corrected chi connectivity index (χ1v) is 14.2. The molecule has 8 heteroatoms. The Balaban J connectivity index is 1.32. The number of carbonyl (C=O) groups excluding carboxylic acids is 1. The van der Waals surface area contributed by atoms with E-state index in [2.05, 4.69) is 82.3 Å². The van der Waals surface area contributed by atoms with Crippen molar-refractivity contribution < 1.29 is 4.79 Å². The molecule has 0 radical (unpaired) electrons. The van der Waals surface area contributed by atoms with Crippen LogP contribution in [0.5, 0.6) is 0 Å². The molecule has 4 heterocycles. The first-order valence-electron chi connectivity index (χ1n) is 14.2. The van der Waals surface area contributed by atoms with Gasteiger partial charge in [0.1, 0.15) is 11.2 Å². The van der Waals surface area contributed by atoms with Crippen LogP contribution in [0.2, 0.25) is 0 Å². The van der Waals surface area contributed by atoms with Gasteiger partial charge < -0.3 is 15.2 Å². The number of amides is 1. The van der Waals surface area contributed by atoms with Gasteiger partial charge in [-0.25, -0.2) is 4.98 Å². The minimum absolute atomic E-state index is 0.0158. The summed E-state index contributed by atoms with van der Waals surface area (Å²) in [6.45, 7) is 10.6. The lowest BCUT2D eigenvalue weighted by Crippen LogP contribution is -2.24. The monoisotopic (exact) mass is 535 g/mol. The number of fused-ring (bicyclic) bond motifs is 2. The number of H-pyrrole nitrogens is 2. The molecule has 1 saturated heterocycles. The summed E-state index contributed by atoms with van der Waals surface area (Å²) in [6, 6.07) is 14.5. The summed E-state index contributed by atoms with van der Waals surface area (Å²) < 4.78 is 0. The molecule has 1 unspecified atom stereocenters. The van der Waals surface area contributed by atoms with E-state index in [1.54, 1.807) is 6.20 Å². The van der Waals surface area contributed by atoms with Crippen LogP contribution in [0.1, 0.15) is 53.4 Å². The van der Waals surface area contributed by atoms with Crippen LogP contribution in [-0.4, -0.2) is 44.1 Å². The molecular weight excluding hydrogens is 498 g/mol. The number of hydrogen-bond donors (Lipinski definition) is 3. The highest BCUT2D eigenvalue weighted by Gasteiger charge is 2.20. The molecule has 0 bridgehead atoms. The van der Waals surface area contributed by atoms with Crippen molar-refractivity contribution in [3.63, 3.8) is 0 Å². The summed E-state index contributed by atoms with van der Waals surface area (Å²) in [6.07, 6.45) is 7.63. The highest BCUT2D eigenvalue weighted by molar-refractivity contribution is 5.98. The van der Waals surface area contributed by atoms with Gasteiger partial charge in [0.25, 0.3) is 0 Å². The Hall–Kier alpha value is -4.20. The number of aromatic amines is 2.